The molecule has 0 saturated carbocycles. The molecule has 3 aliphatic heterocycles. The molecule has 232 valence electrons. The van der Waals surface area contributed by atoms with Crippen molar-refractivity contribution in [1.29, 1.82) is 0 Å². The summed E-state index contributed by atoms with van der Waals surface area (Å²) in [5.41, 5.74) is 3.95. The molecule has 46 heavy (non-hydrogen) atoms. The summed E-state index contributed by atoms with van der Waals surface area (Å²) in [6.45, 7) is 0.639. The zero-order chi connectivity index (χ0) is 32.1. The number of aromatic nitrogens is 4. The number of amides is 2. The van der Waals surface area contributed by atoms with Crippen molar-refractivity contribution in [2.75, 3.05) is 26.8 Å². The van der Waals surface area contributed by atoms with Crippen LogP contribution in [0.2, 0.25) is 5.02 Å². The van der Waals surface area contributed by atoms with Crippen molar-refractivity contribution in [2.45, 2.75) is 31.8 Å². The number of rotatable bonds is 6. The third-order valence-electron chi connectivity index (χ3n) is 8.48. The number of esters is 2. The number of benzene rings is 2. The maximum atomic E-state index is 13.4. The molecule has 1 unspecified atom stereocenters. The summed E-state index contributed by atoms with van der Waals surface area (Å²) in [5.74, 6) is 0.918. The minimum atomic E-state index is -0.657. The van der Waals surface area contributed by atoms with Crippen LogP contribution < -0.4 is 0 Å². The second kappa shape index (κ2) is 11.5. The highest BCUT2D eigenvalue weighted by Crippen LogP contribution is 2.40. The molecule has 1 fully saturated rings. The maximum absolute atomic E-state index is 13.4. The Morgan fingerprint density at radius 3 is 2.41 bits per heavy atom. The Bertz CT molecular complexity index is 1990. The van der Waals surface area contributed by atoms with Gasteiger partial charge in [0.2, 0.25) is 0 Å². The number of carbonyl (C=O) groups excluding carboxylic acids is 4. The van der Waals surface area contributed by atoms with Gasteiger partial charge in [0.05, 0.1) is 59.7 Å². The van der Waals surface area contributed by atoms with E-state index in [1.807, 2.05) is 0 Å². The number of carbonyl (C=O) groups is 4. The van der Waals surface area contributed by atoms with E-state index in [4.69, 9.17) is 27.5 Å². The SMILES string of the molecule is C#Cc1ccc2c(c1)C(=O)N1CCCC1c1c(C(=O)OCCCOC(=O)c3ncn4c3CN(C)C(=O)c3cc(Cl)ccc3-4)ncn1-2. The Kier molecular flexibility index (Phi) is 7.33. The molecule has 2 aromatic heterocycles. The highest BCUT2D eigenvalue weighted by atomic mass is 35.5. The molecule has 2 aromatic carbocycles. The van der Waals surface area contributed by atoms with Gasteiger partial charge in [-0.05, 0) is 49.2 Å². The third-order valence-corrected chi connectivity index (χ3v) is 8.71. The van der Waals surface area contributed by atoms with Crippen molar-refractivity contribution >= 4 is 35.4 Å². The topological polar surface area (TPSA) is 129 Å². The van der Waals surface area contributed by atoms with Crippen molar-refractivity contribution in [1.82, 2.24) is 28.9 Å². The van der Waals surface area contributed by atoms with Crippen LogP contribution in [0.25, 0.3) is 11.4 Å². The van der Waals surface area contributed by atoms with Gasteiger partial charge in [0.15, 0.2) is 11.4 Å². The molecule has 12 nitrogen and oxygen atoms in total. The smallest absolute Gasteiger partial charge is 0.358 e. The summed E-state index contributed by atoms with van der Waals surface area (Å²) < 4.78 is 14.5. The van der Waals surface area contributed by atoms with Gasteiger partial charge in [-0.15, -0.1) is 6.42 Å². The average molecular weight is 639 g/mol. The molecule has 0 N–H and O–H groups in total. The number of hydrogen-bond donors (Lipinski definition) is 0. The van der Waals surface area contributed by atoms with Crippen LogP contribution in [0.4, 0.5) is 0 Å². The fourth-order valence-electron chi connectivity index (χ4n) is 6.30. The van der Waals surface area contributed by atoms with Gasteiger partial charge >= 0.3 is 11.9 Å². The summed E-state index contributed by atoms with van der Waals surface area (Å²) >= 11 is 6.12. The zero-order valence-electron chi connectivity index (χ0n) is 24.7. The third kappa shape index (κ3) is 4.80. The first-order chi connectivity index (χ1) is 22.3. The van der Waals surface area contributed by atoms with E-state index in [1.165, 1.54) is 17.6 Å². The quantitative estimate of drug-likeness (QED) is 0.176. The summed E-state index contributed by atoms with van der Waals surface area (Å²) in [4.78, 5) is 64.5. The molecule has 3 aliphatic rings. The number of fused-ring (bicyclic) bond motifs is 8. The fraction of sp³-hybridized carbons (Fsp3) is 0.273. The van der Waals surface area contributed by atoms with Crippen molar-refractivity contribution < 1.29 is 28.7 Å². The molecule has 0 radical (unpaired) electrons. The number of terminal acetylenes is 1. The lowest BCUT2D eigenvalue weighted by molar-refractivity contribution is 0.0383. The van der Waals surface area contributed by atoms with Gasteiger partial charge in [-0.2, -0.15) is 0 Å². The minimum Gasteiger partial charge on any atom is -0.461 e. The zero-order valence-corrected chi connectivity index (χ0v) is 25.5. The highest BCUT2D eigenvalue weighted by molar-refractivity contribution is 6.31. The minimum absolute atomic E-state index is 0.0273. The molecule has 0 bridgehead atoms. The Labute approximate surface area is 268 Å². The van der Waals surface area contributed by atoms with E-state index in [0.29, 0.717) is 57.4 Å². The van der Waals surface area contributed by atoms with Crippen LogP contribution in [0.3, 0.4) is 0 Å². The van der Waals surface area contributed by atoms with Crippen LogP contribution in [-0.2, 0) is 16.0 Å². The second-order valence-corrected chi connectivity index (χ2v) is 11.7. The van der Waals surface area contributed by atoms with Gasteiger partial charge in [0.1, 0.15) is 12.7 Å². The summed E-state index contributed by atoms with van der Waals surface area (Å²) in [6, 6.07) is 9.84. The molecule has 4 aromatic rings. The fourth-order valence-corrected chi connectivity index (χ4v) is 6.47. The lowest BCUT2D eigenvalue weighted by Gasteiger charge is -2.22. The van der Waals surface area contributed by atoms with E-state index in [2.05, 4.69) is 15.9 Å². The first-order valence-corrected chi connectivity index (χ1v) is 15.1. The maximum Gasteiger partial charge on any atom is 0.358 e. The van der Waals surface area contributed by atoms with Gasteiger partial charge < -0.3 is 19.3 Å². The molecule has 1 saturated heterocycles. The van der Waals surface area contributed by atoms with Gasteiger partial charge in [0, 0.05) is 30.6 Å². The summed E-state index contributed by atoms with van der Waals surface area (Å²) in [7, 11) is 1.63. The normalized spacial score (nSPS) is 16.3. The molecule has 5 heterocycles. The Balaban J connectivity index is 1.02. The van der Waals surface area contributed by atoms with E-state index >= 15 is 0 Å². The number of hydrogen-bond acceptors (Lipinski definition) is 8. The van der Waals surface area contributed by atoms with E-state index < -0.39 is 11.9 Å². The van der Waals surface area contributed by atoms with Crippen molar-refractivity contribution in [3.05, 3.63) is 93.5 Å². The molecule has 0 spiro atoms. The predicted molar refractivity (Wildman–Crippen MR) is 164 cm³/mol. The van der Waals surface area contributed by atoms with Crippen LogP contribution in [0.1, 0.15) is 83.9 Å². The van der Waals surface area contributed by atoms with Crippen molar-refractivity contribution in [2.24, 2.45) is 0 Å². The lowest BCUT2D eigenvalue weighted by atomic mass is 10.1. The Hall–Kier alpha value is -5.41. The van der Waals surface area contributed by atoms with Crippen LogP contribution in [-0.4, -0.2) is 79.5 Å². The Morgan fingerprint density at radius 1 is 0.957 bits per heavy atom. The first kappa shape index (κ1) is 29.3. The van der Waals surface area contributed by atoms with E-state index in [9.17, 15) is 19.2 Å². The van der Waals surface area contributed by atoms with Crippen LogP contribution in [0.15, 0.2) is 49.1 Å². The number of ether oxygens (including phenoxy) is 2. The summed E-state index contributed by atoms with van der Waals surface area (Å²) in [6.07, 6.45) is 10.3. The summed E-state index contributed by atoms with van der Waals surface area (Å²) in [5, 5.41) is 0.424. The monoisotopic (exact) mass is 638 g/mol. The molecule has 1 atom stereocenters. The molecule has 13 heteroatoms. The number of nitrogens with zero attached hydrogens (tertiary/aromatic N) is 6. The molecular weight excluding hydrogens is 612 g/mol. The lowest BCUT2D eigenvalue weighted by Crippen LogP contribution is -2.30. The van der Waals surface area contributed by atoms with Crippen LogP contribution in [0.5, 0.6) is 0 Å². The van der Waals surface area contributed by atoms with E-state index in [-0.39, 0.29) is 55.4 Å². The molecule has 7 rings (SSSR count). The van der Waals surface area contributed by atoms with Crippen molar-refractivity contribution in [3.63, 3.8) is 0 Å². The Morgan fingerprint density at radius 2 is 1.63 bits per heavy atom. The van der Waals surface area contributed by atoms with Gasteiger partial charge in [0.25, 0.3) is 11.8 Å². The highest BCUT2D eigenvalue weighted by Gasteiger charge is 2.40. The second-order valence-electron chi connectivity index (χ2n) is 11.2. The molecular formula is C33H27ClN6O6. The average Bonchev–Trinajstić information content (AvgIpc) is 3.79. The van der Waals surface area contributed by atoms with E-state index in [1.54, 1.807) is 57.5 Å². The number of imidazole rings is 2. The van der Waals surface area contributed by atoms with Gasteiger partial charge in [-0.25, -0.2) is 19.6 Å². The van der Waals surface area contributed by atoms with Gasteiger partial charge in [-0.1, -0.05) is 17.5 Å². The van der Waals surface area contributed by atoms with Gasteiger partial charge in [-0.3, -0.25) is 18.7 Å². The standard InChI is InChI=1S/C33H27ClN6O6/c1-3-19-7-9-24-21(14-19)31(42)38-11-4-6-25(38)29-28(36-18-40(24)29)33(44)46-13-5-12-45-32(43)27-26-16-37(2)30(41)22-15-20(34)8-10-23(22)39(26)17-35-27/h1,7-10,14-15,17-18,25H,4-6,11-13,16H2,2H3. The predicted octanol–water partition coefficient (Wildman–Crippen LogP) is 3.97. The van der Waals surface area contributed by atoms with Crippen LogP contribution >= 0.6 is 11.6 Å². The number of halogens is 1. The van der Waals surface area contributed by atoms with E-state index in [0.717, 1.165) is 6.42 Å². The van der Waals surface area contributed by atoms with Crippen LogP contribution in [0, 0.1) is 12.3 Å². The molecule has 0 aliphatic carbocycles. The molecule has 2 amide bonds. The largest absolute Gasteiger partial charge is 0.461 e. The van der Waals surface area contributed by atoms with Crippen molar-refractivity contribution in [3.8, 4) is 23.7 Å². The first-order valence-electron chi connectivity index (χ1n) is 14.7.